The Hall–Kier alpha value is -1.59. The van der Waals surface area contributed by atoms with Crippen molar-refractivity contribution in [2.45, 2.75) is 13.8 Å². The smallest absolute Gasteiger partial charge is 0.256 e. The summed E-state index contributed by atoms with van der Waals surface area (Å²) >= 11 is 0. The monoisotopic (exact) mass is 266 g/mol. The van der Waals surface area contributed by atoms with E-state index in [0.717, 1.165) is 17.8 Å². The number of benzene rings is 1. The molecule has 0 aromatic heterocycles. The van der Waals surface area contributed by atoms with Gasteiger partial charge in [0.2, 0.25) is 0 Å². The molecule has 0 fully saturated rings. The number of aliphatic hydroxyl groups is 2. The van der Waals surface area contributed by atoms with Crippen molar-refractivity contribution in [3.8, 4) is 0 Å². The van der Waals surface area contributed by atoms with Crippen LogP contribution >= 0.6 is 0 Å². The van der Waals surface area contributed by atoms with Crippen molar-refractivity contribution in [3.63, 3.8) is 0 Å². The highest BCUT2D eigenvalue weighted by Gasteiger charge is 2.18. The zero-order chi connectivity index (χ0) is 14.3. The molecule has 0 heterocycles. The van der Waals surface area contributed by atoms with Gasteiger partial charge >= 0.3 is 0 Å². The van der Waals surface area contributed by atoms with E-state index in [1.54, 1.807) is 6.07 Å². The fourth-order valence-electron chi connectivity index (χ4n) is 1.91. The van der Waals surface area contributed by atoms with Crippen molar-refractivity contribution in [1.82, 2.24) is 4.90 Å². The highest BCUT2D eigenvalue weighted by molar-refractivity contribution is 5.99. The first kappa shape index (κ1) is 15.5. The average Bonchev–Trinajstić information content (AvgIpc) is 2.38. The molecule has 0 unspecified atom stereocenters. The predicted octanol–water partition coefficient (Wildman–Crippen LogP) is 0.854. The number of carbonyl (C=O) groups is 1. The summed E-state index contributed by atoms with van der Waals surface area (Å²) in [5.74, 6) is -0.181. The van der Waals surface area contributed by atoms with Crippen LogP contribution in [0.3, 0.4) is 0 Å². The molecule has 0 radical (unpaired) electrons. The van der Waals surface area contributed by atoms with Gasteiger partial charge in [-0.25, -0.2) is 0 Å². The van der Waals surface area contributed by atoms with Gasteiger partial charge in [0.1, 0.15) is 0 Å². The van der Waals surface area contributed by atoms with E-state index in [0.29, 0.717) is 5.56 Å². The molecule has 1 aromatic rings. The quantitative estimate of drug-likeness (QED) is 0.684. The van der Waals surface area contributed by atoms with E-state index >= 15 is 0 Å². The molecule has 0 saturated carbocycles. The Morgan fingerprint density at radius 3 is 2.42 bits per heavy atom. The van der Waals surface area contributed by atoms with Crippen LogP contribution in [-0.2, 0) is 0 Å². The topological polar surface area (TPSA) is 72.8 Å². The lowest BCUT2D eigenvalue weighted by molar-refractivity contribution is 0.0686. The van der Waals surface area contributed by atoms with Gasteiger partial charge in [-0.05, 0) is 31.5 Å². The molecule has 0 aliphatic heterocycles. The zero-order valence-corrected chi connectivity index (χ0v) is 11.5. The highest BCUT2D eigenvalue weighted by Crippen LogP contribution is 2.19. The Morgan fingerprint density at radius 1 is 1.26 bits per heavy atom. The first-order valence-electron chi connectivity index (χ1n) is 6.49. The van der Waals surface area contributed by atoms with E-state index in [4.69, 9.17) is 10.2 Å². The third kappa shape index (κ3) is 4.22. The third-order valence-corrected chi connectivity index (χ3v) is 2.80. The van der Waals surface area contributed by atoms with Gasteiger partial charge < -0.3 is 20.4 Å². The minimum Gasteiger partial charge on any atom is -0.395 e. The number of hydrogen-bond acceptors (Lipinski definition) is 4. The van der Waals surface area contributed by atoms with Crippen LogP contribution in [0.1, 0.15) is 22.8 Å². The van der Waals surface area contributed by atoms with E-state index in [-0.39, 0.29) is 32.2 Å². The fraction of sp³-hybridized carbons (Fsp3) is 0.500. The summed E-state index contributed by atoms with van der Waals surface area (Å²) in [5.41, 5.74) is 2.42. The van der Waals surface area contributed by atoms with Gasteiger partial charge in [-0.2, -0.15) is 0 Å². The minimum atomic E-state index is -0.181. The molecule has 1 rings (SSSR count). The fourth-order valence-corrected chi connectivity index (χ4v) is 1.91. The molecular formula is C14H22N2O3. The maximum Gasteiger partial charge on any atom is 0.256 e. The van der Waals surface area contributed by atoms with Crippen LogP contribution in [0.4, 0.5) is 5.69 Å². The van der Waals surface area contributed by atoms with Gasteiger partial charge in [-0.1, -0.05) is 6.07 Å². The molecule has 19 heavy (non-hydrogen) atoms. The van der Waals surface area contributed by atoms with Crippen LogP contribution in [0.5, 0.6) is 0 Å². The predicted molar refractivity (Wildman–Crippen MR) is 75.4 cm³/mol. The van der Waals surface area contributed by atoms with E-state index in [9.17, 15) is 4.79 Å². The summed E-state index contributed by atoms with van der Waals surface area (Å²) in [7, 11) is 0. The lowest BCUT2D eigenvalue weighted by Crippen LogP contribution is -2.36. The SMILES string of the molecule is CCNc1cc(C)ccc1C(=O)N(CCO)CCO. The standard InChI is InChI=1S/C14H22N2O3/c1-3-15-13-10-11(2)4-5-12(13)14(19)16(6-8-17)7-9-18/h4-5,10,15,17-18H,3,6-9H2,1-2H3. The van der Waals surface area contributed by atoms with Gasteiger partial charge in [0.05, 0.1) is 18.8 Å². The molecule has 106 valence electrons. The Morgan fingerprint density at radius 2 is 1.89 bits per heavy atom. The van der Waals surface area contributed by atoms with E-state index in [1.807, 2.05) is 26.0 Å². The maximum absolute atomic E-state index is 12.4. The van der Waals surface area contributed by atoms with Crippen molar-refractivity contribution in [2.24, 2.45) is 0 Å². The average molecular weight is 266 g/mol. The minimum absolute atomic E-state index is 0.117. The molecule has 1 aromatic carbocycles. The molecule has 0 saturated heterocycles. The van der Waals surface area contributed by atoms with Gasteiger partial charge in [0.15, 0.2) is 0 Å². The Labute approximate surface area is 113 Å². The summed E-state index contributed by atoms with van der Waals surface area (Å²) < 4.78 is 0. The molecule has 5 heteroatoms. The second kappa shape index (κ2) is 7.76. The third-order valence-electron chi connectivity index (χ3n) is 2.80. The molecule has 0 spiro atoms. The van der Waals surface area contributed by atoms with Crippen LogP contribution < -0.4 is 5.32 Å². The summed E-state index contributed by atoms with van der Waals surface area (Å²) in [6, 6.07) is 5.58. The number of nitrogens with one attached hydrogen (secondary N) is 1. The van der Waals surface area contributed by atoms with Crippen LogP contribution in [-0.4, -0.2) is 53.9 Å². The number of nitrogens with zero attached hydrogens (tertiary/aromatic N) is 1. The van der Waals surface area contributed by atoms with Crippen molar-refractivity contribution in [2.75, 3.05) is 38.2 Å². The van der Waals surface area contributed by atoms with E-state index < -0.39 is 0 Å². The van der Waals surface area contributed by atoms with Crippen molar-refractivity contribution < 1.29 is 15.0 Å². The first-order chi connectivity index (χ1) is 9.13. The summed E-state index contributed by atoms with van der Waals surface area (Å²) in [5, 5.41) is 21.1. The maximum atomic E-state index is 12.4. The Bertz CT molecular complexity index is 415. The van der Waals surface area contributed by atoms with E-state index in [1.165, 1.54) is 4.90 Å². The number of rotatable bonds is 7. The normalized spacial score (nSPS) is 10.3. The highest BCUT2D eigenvalue weighted by atomic mass is 16.3. The first-order valence-corrected chi connectivity index (χ1v) is 6.49. The molecule has 0 aliphatic carbocycles. The number of anilines is 1. The van der Waals surface area contributed by atoms with Crippen LogP contribution in [0, 0.1) is 6.92 Å². The lowest BCUT2D eigenvalue weighted by Gasteiger charge is -2.22. The van der Waals surface area contributed by atoms with Gasteiger partial charge in [0.25, 0.3) is 5.91 Å². The van der Waals surface area contributed by atoms with Crippen LogP contribution in [0.2, 0.25) is 0 Å². The molecule has 1 amide bonds. The Balaban J connectivity index is 3.01. The Kier molecular flexibility index (Phi) is 6.32. The van der Waals surface area contributed by atoms with E-state index in [2.05, 4.69) is 5.32 Å². The summed E-state index contributed by atoms with van der Waals surface area (Å²) in [6.45, 7) is 4.87. The summed E-state index contributed by atoms with van der Waals surface area (Å²) in [4.78, 5) is 13.8. The second-order valence-electron chi connectivity index (χ2n) is 4.32. The number of aliphatic hydroxyl groups excluding tert-OH is 2. The number of aryl methyl sites for hydroxylation is 1. The molecule has 5 nitrogen and oxygen atoms in total. The van der Waals surface area contributed by atoms with Gasteiger partial charge in [0, 0.05) is 25.3 Å². The van der Waals surface area contributed by atoms with Crippen LogP contribution in [0.25, 0.3) is 0 Å². The molecule has 3 N–H and O–H groups in total. The second-order valence-corrected chi connectivity index (χ2v) is 4.32. The number of amides is 1. The van der Waals surface area contributed by atoms with Crippen molar-refractivity contribution >= 4 is 11.6 Å². The number of hydrogen-bond donors (Lipinski definition) is 3. The molecule has 0 aliphatic rings. The van der Waals surface area contributed by atoms with Crippen LogP contribution in [0.15, 0.2) is 18.2 Å². The number of carbonyl (C=O) groups excluding carboxylic acids is 1. The van der Waals surface area contributed by atoms with Gasteiger partial charge in [-0.3, -0.25) is 4.79 Å². The molecular weight excluding hydrogens is 244 g/mol. The van der Waals surface area contributed by atoms with Crippen molar-refractivity contribution in [1.29, 1.82) is 0 Å². The van der Waals surface area contributed by atoms with Gasteiger partial charge in [-0.15, -0.1) is 0 Å². The van der Waals surface area contributed by atoms with Crippen molar-refractivity contribution in [3.05, 3.63) is 29.3 Å². The molecule has 0 atom stereocenters. The lowest BCUT2D eigenvalue weighted by atomic mass is 10.1. The summed E-state index contributed by atoms with van der Waals surface area (Å²) in [6.07, 6.45) is 0. The molecule has 0 bridgehead atoms. The largest absolute Gasteiger partial charge is 0.395 e. The zero-order valence-electron chi connectivity index (χ0n) is 11.5.